The molecule has 4 aromatic rings. The molecule has 7 nitrogen and oxygen atoms in total. The number of H-pyrrole nitrogens is 1. The molecule has 9 heteroatoms. The van der Waals surface area contributed by atoms with Crippen LogP contribution in [-0.4, -0.2) is 42.9 Å². The van der Waals surface area contributed by atoms with Crippen LogP contribution in [0.2, 0.25) is 5.02 Å². The molecule has 0 unspecified atom stereocenters. The Morgan fingerprint density at radius 1 is 1.16 bits per heavy atom. The van der Waals surface area contributed by atoms with E-state index in [1.54, 1.807) is 16.8 Å². The van der Waals surface area contributed by atoms with Crippen molar-refractivity contribution < 1.29 is 4.79 Å². The Morgan fingerprint density at radius 2 is 2.00 bits per heavy atom. The highest BCUT2D eigenvalue weighted by atomic mass is 35.5. The maximum Gasteiger partial charge on any atom is 0.262 e. The molecule has 0 fully saturated rings. The van der Waals surface area contributed by atoms with Crippen molar-refractivity contribution >= 4 is 40.3 Å². The number of halogens is 1. The molecular weight excluding hydrogens is 434 g/mol. The van der Waals surface area contributed by atoms with Gasteiger partial charge >= 0.3 is 0 Å². The summed E-state index contributed by atoms with van der Waals surface area (Å²) in [5.41, 5.74) is 3.32. The summed E-state index contributed by atoms with van der Waals surface area (Å²) in [6, 6.07) is 15.4. The molecule has 0 radical (unpaired) electrons. The topological polar surface area (TPSA) is 83.9 Å². The quantitative estimate of drug-likeness (QED) is 0.379. The Morgan fingerprint density at radius 3 is 2.84 bits per heavy atom. The first kappa shape index (κ1) is 19.8. The van der Waals surface area contributed by atoms with Gasteiger partial charge in [0.2, 0.25) is 5.91 Å². The lowest BCUT2D eigenvalue weighted by molar-refractivity contribution is -0.129. The molecular formula is C22H18ClN5O2S. The van der Waals surface area contributed by atoms with Crippen molar-refractivity contribution in [3.8, 4) is 5.69 Å². The lowest BCUT2D eigenvalue weighted by atomic mass is 10.00. The highest BCUT2D eigenvalue weighted by Crippen LogP contribution is 2.22. The van der Waals surface area contributed by atoms with E-state index in [-0.39, 0.29) is 17.2 Å². The first-order valence-corrected chi connectivity index (χ1v) is 11.2. The molecule has 1 N–H and O–H groups in total. The maximum atomic E-state index is 12.8. The lowest BCUT2D eigenvalue weighted by Gasteiger charge is -2.28. The van der Waals surface area contributed by atoms with Gasteiger partial charge in [-0.2, -0.15) is 5.10 Å². The van der Waals surface area contributed by atoms with Crippen LogP contribution in [0, 0.1) is 0 Å². The van der Waals surface area contributed by atoms with E-state index in [0.717, 1.165) is 6.42 Å². The van der Waals surface area contributed by atoms with Crippen LogP contribution in [-0.2, 0) is 17.8 Å². The smallest absolute Gasteiger partial charge is 0.262 e. The van der Waals surface area contributed by atoms with E-state index in [4.69, 9.17) is 11.6 Å². The molecule has 0 aliphatic carbocycles. The fourth-order valence-electron chi connectivity index (χ4n) is 3.69. The van der Waals surface area contributed by atoms with E-state index < -0.39 is 0 Å². The number of hydrogen-bond donors (Lipinski definition) is 1. The number of aromatic amines is 1. The van der Waals surface area contributed by atoms with Gasteiger partial charge in [0, 0.05) is 18.1 Å². The van der Waals surface area contributed by atoms with E-state index in [1.807, 2.05) is 29.2 Å². The van der Waals surface area contributed by atoms with E-state index >= 15 is 0 Å². The number of carbonyl (C=O) groups excluding carboxylic acids is 1. The van der Waals surface area contributed by atoms with Crippen molar-refractivity contribution in [1.82, 2.24) is 24.6 Å². The van der Waals surface area contributed by atoms with Gasteiger partial charge in [0.15, 0.2) is 10.8 Å². The summed E-state index contributed by atoms with van der Waals surface area (Å²) >= 11 is 7.31. The number of benzene rings is 2. The third-order valence-corrected chi connectivity index (χ3v) is 6.38. The minimum absolute atomic E-state index is 0.0191. The first-order chi connectivity index (χ1) is 15.1. The van der Waals surface area contributed by atoms with Crippen molar-refractivity contribution in [3.05, 3.63) is 81.2 Å². The van der Waals surface area contributed by atoms with Crippen LogP contribution in [0.15, 0.2) is 64.7 Å². The molecule has 2 aromatic carbocycles. The zero-order chi connectivity index (χ0) is 21.4. The van der Waals surface area contributed by atoms with Gasteiger partial charge in [0.1, 0.15) is 5.39 Å². The second-order valence-electron chi connectivity index (χ2n) is 7.27. The van der Waals surface area contributed by atoms with Crippen molar-refractivity contribution in [2.75, 3.05) is 12.3 Å². The Balaban J connectivity index is 1.36. The summed E-state index contributed by atoms with van der Waals surface area (Å²) in [7, 11) is 0. The van der Waals surface area contributed by atoms with Crippen molar-refractivity contribution in [3.63, 3.8) is 0 Å². The number of nitrogens with zero attached hydrogens (tertiary/aromatic N) is 4. The van der Waals surface area contributed by atoms with E-state index in [0.29, 0.717) is 40.0 Å². The van der Waals surface area contributed by atoms with Crippen molar-refractivity contribution in [1.29, 1.82) is 0 Å². The van der Waals surface area contributed by atoms with E-state index in [2.05, 4.69) is 27.2 Å². The summed E-state index contributed by atoms with van der Waals surface area (Å²) in [6.07, 6.45) is 2.33. The van der Waals surface area contributed by atoms with Gasteiger partial charge in [0.05, 0.1) is 17.6 Å². The zero-order valence-electron chi connectivity index (χ0n) is 16.4. The third-order valence-electron chi connectivity index (χ3n) is 5.28. The molecule has 5 rings (SSSR count). The Kier molecular flexibility index (Phi) is 5.25. The second kappa shape index (κ2) is 8.20. The Bertz CT molecular complexity index is 1350. The van der Waals surface area contributed by atoms with Crippen LogP contribution >= 0.6 is 23.4 Å². The van der Waals surface area contributed by atoms with Crippen LogP contribution < -0.4 is 5.56 Å². The second-order valence-corrected chi connectivity index (χ2v) is 8.67. The summed E-state index contributed by atoms with van der Waals surface area (Å²) in [4.78, 5) is 34.4. The zero-order valence-corrected chi connectivity index (χ0v) is 18.0. The predicted molar refractivity (Wildman–Crippen MR) is 121 cm³/mol. The van der Waals surface area contributed by atoms with Crippen LogP contribution in [0.25, 0.3) is 16.7 Å². The molecule has 156 valence electrons. The van der Waals surface area contributed by atoms with Gasteiger partial charge in [-0.3, -0.25) is 9.59 Å². The van der Waals surface area contributed by atoms with Gasteiger partial charge in [-0.25, -0.2) is 9.67 Å². The summed E-state index contributed by atoms with van der Waals surface area (Å²) in [5.74, 6) is 0.215. The molecule has 0 saturated heterocycles. The Labute approximate surface area is 187 Å². The lowest BCUT2D eigenvalue weighted by Crippen LogP contribution is -2.37. The molecule has 1 aliphatic heterocycles. The number of amides is 1. The normalized spacial score (nSPS) is 13.4. The molecule has 2 aromatic heterocycles. The van der Waals surface area contributed by atoms with E-state index in [1.165, 1.54) is 29.1 Å². The van der Waals surface area contributed by atoms with Crippen LogP contribution in [0.1, 0.15) is 11.1 Å². The predicted octanol–water partition coefficient (Wildman–Crippen LogP) is 3.44. The van der Waals surface area contributed by atoms with E-state index in [9.17, 15) is 9.59 Å². The van der Waals surface area contributed by atoms with Gasteiger partial charge in [-0.05, 0) is 35.7 Å². The van der Waals surface area contributed by atoms with Crippen LogP contribution in [0.5, 0.6) is 0 Å². The number of nitrogens with one attached hydrogen (secondary N) is 1. The largest absolute Gasteiger partial charge is 0.337 e. The highest BCUT2D eigenvalue weighted by Gasteiger charge is 2.21. The fraction of sp³-hybridized carbons (Fsp3) is 0.182. The van der Waals surface area contributed by atoms with Crippen molar-refractivity contribution in [2.45, 2.75) is 18.1 Å². The van der Waals surface area contributed by atoms with Gasteiger partial charge in [-0.15, -0.1) is 0 Å². The fourth-order valence-corrected chi connectivity index (χ4v) is 4.64. The summed E-state index contributed by atoms with van der Waals surface area (Å²) in [6.45, 7) is 1.31. The standard InChI is InChI=1S/C22H18ClN5O2S/c23-16-6-3-7-17(10-16)28-20-18(11-24-28)21(30)26-22(25-20)31-13-19(29)27-9-8-14-4-1-2-5-15(14)12-27/h1-7,10-11H,8-9,12-13H2,(H,25,26,30). The summed E-state index contributed by atoms with van der Waals surface area (Å²) < 4.78 is 1.57. The summed E-state index contributed by atoms with van der Waals surface area (Å²) in [5, 5.41) is 5.61. The van der Waals surface area contributed by atoms with Crippen LogP contribution in [0.3, 0.4) is 0 Å². The third kappa shape index (κ3) is 3.96. The van der Waals surface area contributed by atoms with Crippen LogP contribution in [0.4, 0.5) is 0 Å². The van der Waals surface area contributed by atoms with Crippen molar-refractivity contribution in [2.24, 2.45) is 0 Å². The number of fused-ring (bicyclic) bond motifs is 2. The minimum Gasteiger partial charge on any atom is -0.337 e. The first-order valence-electron chi connectivity index (χ1n) is 9.80. The van der Waals surface area contributed by atoms with Gasteiger partial charge < -0.3 is 9.88 Å². The maximum absolute atomic E-state index is 12.8. The highest BCUT2D eigenvalue weighted by molar-refractivity contribution is 7.99. The molecule has 1 aliphatic rings. The molecule has 0 spiro atoms. The number of thioether (sulfide) groups is 1. The molecule has 1 amide bonds. The molecule has 3 heterocycles. The number of aromatic nitrogens is 4. The number of carbonyl (C=O) groups is 1. The Hall–Kier alpha value is -3.10. The average molecular weight is 452 g/mol. The SMILES string of the molecule is O=C(CSc1nc2c(cnn2-c2cccc(Cl)c2)c(=O)[nH]1)N1CCc2ccccc2C1. The molecule has 31 heavy (non-hydrogen) atoms. The average Bonchev–Trinajstić information content (AvgIpc) is 3.22. The number of rotatable bonds is 4. The minimum atomic E-state index is -0.292. The molecule has 0 atom stereocenters. The monoisotopic (exact) mass is 451 g/mol. The molecule has 0 saturated carbocycles. The molecule has 0 bridgehead atoms. The number of hydrogen-bond acceptors (Lipinski definition) is 5. The van der Waals surface area contributed by atoms with Gasteiger partial charge in [-0.1, -0.05) is 53.7 Å². The van der Waals surface area contributed by atoms with Gasteiger partial charge in [0.25, 0.3) is 5.56 Å².